The predicted octanol–water partition coefficient (Wildman–Crippen LogP) is 2.93. The number of rotatable bonds is 5. The van der Waals surface area contributed by atoms with Gasteiger partial charge in [-0.15, -0.1) is 0 Å². The molecular weight excluding hydrogens is 456 g/mol. The number of nitrogens with one attached hydrogen (secondary N) is 1. The summed E-state index contributed by atoms with van der Waals surface area (Å²) >= 11 is 6.49. The van der Waals surface area contributed by atoms with Gasteiger partial charge in [0.1, 0.15) is 18.3 Å². The molecule has 11 heteroatoms. The molecule has 3 aromatic rings. The second kappa shape index (κ2) is 8.27. The summed E-state index contributed by atoms with van der Waals surface area (Å²) in [6, 6.07) is 9.30. The number of hydrogen-bond donors (Lipinski definition) is 2. The van der Waals surface area contributed by atoms with Crippen LogP contribution in [0.3, 0.4) is 0 Å². The van der Waals surface area contributed by atoms with Crippen LogP contribution in [-0.4, -0.2) is 73.9 Å². The second-order valence-electron chi connectivity index (χ2n) is 7.94. The van der Waals surface area contributed by atoms with Gasteiger partial charge >= 0.3 is 0 Å². The van der Waals surface area contributed by atoms with E-state index in [0.717, 1.165) is 5.56 Å². The number of ether oxygens (including phenoxy) is 3. The molecule has 2 aliphatic heterocycles. The van der Waals surface area contributed by atoms with Crippen molar-refractivity contribution in [2.45, 2.75) is 31.3 Å². The zero-order chi connectivity index (χ0) is 22.5. The number of halogens is 1. The van der Waals surface area contributed by atoms with E-state index in [0.29, 0.717) is 39.9 Å². The summed E-state index contributed by atoms with van der Waals surface area (Å²) in [6.07, 6.45) is -0.0850. The third-order valence-corrected chi connectivity index (χ3v) is 7.58. The summed E-state index contributed by atoms with van der Waals surface area (Å²) in [5.41, 5.74) is 3.10. The molecule has 0 bridgehead atoms. The van der Waals surface area contributed by atoms with Gasteiger partial charge in [-0.25, -0.2) is 9.19 Å². The Balaban J connectivity index is 1.39. The third-order valence-electron chi connectivity index (χ3n) is 5.62. The van der Waals surface area contributed by atoms with Gasteiger partial charge in [-0.3, -0.25) is 0 Å². The molecule has 0 radical (unpaired) electrons. The van der Waals surface area contributed by atoms with E-state index in [1.807, 2.05) is 19.1 Å². The molecule has 1 unspecified atom stereocenters. The highest BCUT2D eigenvalue weighted by Crippen LogP contribution is 2.32. The molecule has 2 fully saturated rings. The molecule has 0 aliphatic carbocycles. The zero-order valence-corrected chi connectivity index (χ0v) is 19.1. The topological polar surface area (TPSA) is 119 Å². The lowest BCUT2D eigenvalue weighted by atomic mass is 10.1. The number of benzene rings is 1. The molecule has 170 valence electrons. The molecule has 2 aliphatic rings. The number of imidazole rings is 1. The molecule has 2 saturated heterocycles. The zero-order valence-electron chi connectivity index (χ0n) is 17.5. The van der Waals surface area contributed by atoms with E-state index in [1.54, 1.807) is 24.5 Å². The average Bonchev–Trinajstić information content (AvgIpc) is 3.45. The monoisotopic (exact) mass is 478 g/mol. The summed E-state index contributed by atoms with van der Waals surface area (Å²) in [4.78, 5) is 12.1. The fourth-order valence-corrected chi connectivity index (χ4v) is 4.77. The van der Waals surface area contributed by atoms with E-state index in [-0.39, 0.29) is 30.9 Å². The summed E-state index contributed by atoms with van der Waals surface area (Å²) < 4.78 is 33.6. The Hall–Kier alpha value is -2.24. The van der Waals surface area contributed by atoms with Gasteiger partial charge in [-0.05, 0) is 18.2 Å². The summed E-state index contributed by atoms with van der Waals surface area (Å²) in [5, 5.41) is 10.3. The Kier molecular flexibility index (Phi) is 5.58. The van der Waals surface area contributed by atoms with Crippen molar-refractivity contribution in [3.63, 3.8) is 0 Å². The Morgan fingerprint density at radius 2 is 2.00 bits per heavy atom. The van der Waals surface area contributed by atoms with Crippen LogP contribution in [0.25, 0.3) is 22.4 Å². The van der Waals surface area contributed by atoms with Crippen molar-refractivity contribution in [3.8, 4) is 17.3 Å². The first-order chi connectivity index (χ1) is 15.3. The number of H-pyrrole nitrogens is 1. The first-order valence-electron chi connectivity index (χ1n) is 10.3. The summed E-state index contributed by atoms with van der Waals surface area (Å²) in [5.74, 6) is 0.490. The minimum absolute atomic E-state index is 0.232. The molecule has 0 spiro atoms. The standard InChI is InChI=1S/C21H23ClN4O5S/c1-3-32(2,28)26-12-6-4-11(5-7-12)17-13(22)8-14-20(24-17)25-21(23-14)31-16-10-30-18-15(27)9-29-19(16)18/h4-8,15-16,18-19,27H,3,9-10H2,1-2H3,(H,23,24,25)/t15-,16-,18-,19-,32?/m1/s1. The number of aromatic nitrogens is 3. The Morgan fingerprint density at radius 3 is 2.75 bits per heavy atom. The highest BCUT2D eigenvalue weighted by Gasteiger charge is 2.48. The lowest BCUT2D eigenvalue weighted by Crippen LogP contribution is -2.34. The van der Waals surface area contributed by atoms with Crippen molar-refractivity contribution >= 4 is 38.2 Å². The van der Waals surface area contributed by atoms with Crippen LogP contribution in [0, 0.1) is 0 Å². The molecule has 2 N–H and O–H groups in total. The number of nitrogens with zero attached hydrogens (tertiary/aromatic N) is 3. The molecule has 0 saturated carbocycles. The van der Waals surface area contributed by atoms with Crippen LogP contribution in [0.4, 0.5) is 5.69 Å². The van der Waals surface area contributed by atoms with Crippen molar-refractivity contribution in [3.05, 3.63) is 35.4 Å². The maximum absolute atomic E-state index is 12.2. The van der Waals surface area contributed by atoms with Gasteiger partial charge in [0.05, 0.1) is 35.1 Å². The van der Waals surface area contributed by atoms with Crippen molar-refractivity contribution in [1.82, 2.24) is 15.0 Å². The van der Waals surface area contributed by atoms with E-state index in [1.165, 1.54) is 0 Å². The molecular formula is C21H23ClN4O5S. The van der Waals surface area contributed by atoms with Gasteiger partial charge in [0.2, 0.25) is 0 Å². The van der Waals surface area contributed by atoms with E-state index < -0.39 is 15.8 Å². The fourth-order valence-electron chi connectivity index (χ4n) is 3.81. The average molecular weight is 479 g/mol. The molecule has 9 nitrogen and oxygen atoms in total. The first-order valence-corrected chi connectivity index (χ1v) is 12.7. The Bertz CT molecular complexity index is 1270. The minimum Gasteiger partial charge on any atom is -0.456 e. The quantitative estimate of drug-likeness (QED) is 0.578. The van der Waals surface area contributed by atoms with Crippen LogP contribution in [0.5, 0.6) is 6.01 Å². The van der Waals surface area contributed by atoms with Crippen molar-refractivity contribution in [1.29, 1.82) is 0 Å². The van der Waals surface area contributed by atoms with Gasteiger partial charge < -0.3 is 24.3 Å². The predicted molar refractivity (Wildman–Crippen MR) is 121 cm³/mol. The Labute approximate surface area is 190 Å². The van der Waals surface area contributed by atoms with Crippen molar-refractivity contribution < 1.29 is 23.5 Å². The highest BCUT2D eigenvalue weighted by atomic mass is 35.5. The van der Waals surface area contributed by atoms with Gasteiger partial charge in [0, 0.05) is 27.3 Å². The van der Waals surface area contributed by atoms with Crippen LogP contribution in [0.1, 0.15) is 6.92 Å². The fraction of sp³-hybridized carbons (Fsp3) is 0.429. The van der Waals surface area contributed by atoms with Crippen LogP contribution in [0.2, 0.25) is 5.02 Å². The molecule has 4 heterocycles. The SMILES string of the molecule is CCS(C)(=O)=Nc1ccc(-c2nc3nc(O[C@@H]4CO[C@H]5[C@@H]4OC[C@H]5O)[nH]c3cc2Cl)cc1. The minimum atomic E-state index is -2.23. The van der Waals surface area contributed by atoms with Gasteiger partial charge in [0.15, 0.2) is 11.8 Å². The maximum atomic E-state index is 12.2. The Morgan fingerprint density at radius 1 is 1.25 bits per heavy atom. The van der Waals surface area contributed by atoms with E-state index in [2.05, 4.69) is 19.3 Å². The van der Waals surface area contributed by atoms with E-state index >= 15 is 0 Å². The van der Waals surface area contributed by atoms with Crippen molar-refractivity contribution in [2.75, 3.05) is 25.2 Å². The van der Waals surface area contributed by atoms with Gasteiger partial charge in [-0.2, -0.15) is 9.35 Å². The molecule has 5 rings (SSSR count). The number of aliphatic hydroxyl groups excluding tert-OH is 1. The third kappa shape index (κ3) is 4.08. The number of pyridine rings is 1. The van der Waals surface area contributed by atoms with Gasteiger partial charge in [0.25, 0.3) is 6.01 Å². The number of aromatic amines is 1. The maximum Gasteiger partial charge on any atom is 0.296 e. The van der Waals surface area contributed by atoms with Crippen LogP contribution >= 0.6 is 11.6 Å². The number of hydrogen-bond acceptors (Lipinski definition) is 8. The largest absolute Gasteiger partial charge is 0.456 e. The first kappa shape index (κ1) is 21.6. The molecule has 1 aromatic carbocycles. The van der Waals surface area contributed by atoms with Crippen LogP contribution in [0.15, 0.2) is 34.7 Å². The normalized spacial score (nSPS) is 26.8. The molecule has 32 heavy (non-hydrogen) atoms. The van der Waals surface area contributed by atoms with Crippen molar-refractivity contribution in [2.24, 2.45) is 4.36 Å². The lowest BCUT2D eigenvalue weighted by Gasteiger charge is -2.15. The highest BCUT2D eigenvalue weighted by molar-refractivity contribution is 7.93. The molecule has 0 amide bonds. The lowest BCUT2D eigenvalue weighted by molar-refractivity contribution is 0.00706. The summed E-state index contributed by atoms with van der Waals surface area (Å²) in [6.45, 7) is 2.39. The second-order valence-corrected chi connectivity index (χ2v) is 11.0. The van der Waals surface area contributed by atoms with Crippen LogP contribution in [-0.2, 0) is 19.2 Å². The molecule has 5 atom stereocenters. The van der Waals surface area contributed by atoms with E-state index in [4.69, 9.17) is 25.8 Å². The summed E-state index contributed by atoms with van der Waals surface area (Å²) in [7, 11) is -2.23. The van der Waals surface area contributed by atoms with E-state index in [9.17, 15) is 9.32 Å². The van der Waals surface area contributed by atoms with Gasteiger partial charge in [-0.1, -0.05) is 30.7 Å². The number of fused-ring (bicyclic) bond motifs is 2. The molecule has 2 aromatic heterocycles. The number of aliphatic hydroxyl groups is 1. The van der Waals surface area contributed by atoms with Crippen LogP contribution < -0.4 is 4.74 Å². The smallest absolute Gasteiger partial charge is 0.296 e.